The first-order valence-corrected chi connectivity index (χ1v) is 7.78. The van der Waals surface area contributed by atoms with Crippen LogP contribution in [0.25, 0.3) is 0 Å². The Morgan fingerprint density at radius 2 is 2.00 bits per heavy atom. The van der Waals surface area contributed by atoms with E-state index in [0.29, 0.717) is 19.6 Å². The third kappa shape index (κ3) is 2.68. The van der Waals surface area contributed by atoms with Gasteiger partial charge in [0.1, 0.15) is 11.6 Å². The molecule has 1 spiro atoms. The molecule has 2 rings (SSSR count). The van der Waals surface area contributed by atoms with Gasteiger partial charge in [-0.2, -0.15) is 0 Å². The standard InChI is InChI=1S/C15H26N2O3/c1-4-12-13(18)16-15(8-6-7-9-15)14(19)17(12)10-11(3)20-5-2/h11-12H,4-10H2,1-3H3,(H,16,18). The van der Waals surface area contributed by atoms with Gasteiger partial charge in [0.2, 0.25) is 11.8 Å². The molecule has 20 heavy (non-hydrogen) atoms. The predicted octanol–water partition coefficient (Wildman–Crippen LogP) is 1.46. The first-order chi connectivity index (χ1) is 9.54. The van der Waals surface area contributed by atoms with Gasteiger partial charge in [0, 0.05) is 13.2 Å². The second kappa shape index (κ2) is 6.12. The van der Waals surface area contributed by atoms with Gasteiger partial charge in [-0.25, -0.2) is 0 Å². The largest absolute Gasteiger partial charge is 0.377 e. The summed E-state index contributed by atoms with van der Waals surface area (Å²) in [7, 11) is 0. The molecule has 1 N–H and O–H groups in total. The molecule has 0 bridgehead atoms. The Morgan fingerprint density at radius 1 is 1.35 bits per heavy atom. The molecule has 1 saturated carbocycles. The highest BCUT2D eigenvalue weighted by Gasteiger charge is 2.51. The summed E-state index contributed by atoms with van der Waals surface area (Å²) in [6.07, 6.45) is 4.17. The third-order valence-corrected chi connectivity index (χ3v) is 4.46. The Labute approximate surface area is 121 Å². The smallest absolute Gasteiger partial charge is 0.249 e. The van der Waals surface area contributed by atoms with Crippen molar-refractivity contribution in [2.75, 3.05) is 13.2 Å². The highest BCUT2D eigenvalue weighted by atomic mass is 16.5. The zero-order valence-electron chi connectivity index (χ0n) is 12.8. The van der Waals surface area contributed by atoms with Crippen LogP contribution in [0.3, 0.4) is 0 Å². The number of ether oxygens (including phenoxy) is 1. The number of rotatable bonds is 5. The number of nitrogens with one attached hydrogen (secondary N) is 1. The van der Waals surface area contributed by atoms with Crippen LogP contribution in [-0.2, 0) is 14.3 Å². The van der Waals surface area contributed by atoms with Crippen molar-refractivity contribution in [3.8, 4) is 0 Å². The van der Waals surface area contributed by atoms with E-state index in [0.717, 1.165) is 25.7 Å². The Hall–Kier alpha value is -1.10. The van der Waals surface area contributed by atoms with Crippen LogP contribution in [0.5, 0.6) is 0 Å². The van der Waals surface area contributed by atoms with Gasteiger partial charge in [-0.3, -0.25) is 9.59 Å². The maximum absolute atomic E-state index is 12.9. The number of nitrogens with zero attached hydrogens (tertiary/aromatic N) is 1. The summed E-state index contributed by atoms with van der Waals surface area (Å²) in [6.45, 7) is 6.97. The average molecular weight is 282 g/mol. The summed E-state index contributed by atoms with van der Waals surface area (Å²) < 4.78 is 5.55. The van der Waals surface area contributed by atoms with Crippen LogP contribution >= 0.6 is 0 Å². The molecule has 1 aliphatic carbocycles. The average Bonchev–Trinajstić information content (AvgIpc) is 2.86. The Kier molecular flexibility index (Phi) is 4.68. The second-order valence-electron chi connectivity index (χ2n) is 5.93. The fourth-order valence-corrected chi connectivity index (χ4v) is 3.48. The molecule has 0 radical (unpaired) electrons. The molecule has 2 amide bonds. The zero-order chi connectivity index (χ0) is 14.8. The monoisotopic (exact) mass is 282 g/mol. The van der Waals surface area contributed by atoms with Crippen molar-refractivity contribution in [3.05, 3.63) is 0 Å². The highest BCUT2D eigenvalue weighted by molar-refractivity contribution is 6.00. The molecule has 0 aromatic carbocycles. The number of carbonyl (C=O) groups excluding carboxylic acids is 2. The SMILES string of the molecule is CCOC(C)CN1C(=O)C2(CCCC2)NC(=O)C1CC. The first kappa shape index (κ1) is 15.3. The fourth-order valence-electron chi connectivity index (χ4n) is 3.48. The van der Waals surface area contributed by atoms with Crippen molar-refractivity contribution in [3.63, 3.8) is 0 Å². The lowest BCUT2D eigenvalue weighted by atomic mass is 9.90. The maximum Gasteiger partial charge on any atom is 0.249 e. The predicted molar refractivity (Wildman–Crippen MR) is 76.2 cm³/mol. The lowest BCUT2D eigenvalue weighted by molar-refractivity contribution is -0.157. The molecule has 2 fully saturated rings. The van der Waals surface area contributed by atoms with Crippen LogP contribution < -0.4 is 5.32 Å². The molecule has 0 aromatic rings. The molecule has 0 aromatic heterocycles. The topological polar surface area (TPSA) is 58.6 Å². The molecule has 5 heteroatoms. The van der Waals surface area contributed by atoms with Gasteiger partial charge < -0.3 is 15.0 Å². The summed E-state index contributed by atoms with van der Waals surface area (Å²) >= 11 is 0. The van der Waals surface area contributed by atoms with E-state index in [2.05, 4.69) is 5.32 Å². The van der Waals surface area contributed by atoms with Gasteiger partial charge in [0.15, 0.2) is 0 Å². The van der Waals surface area contributed by atoms with Crippen LogP contribution in [0.4, 0.5) is 0 Å². The number of piperazine rings is 1. The van der Waals surface area contributed by atoms with Gasteiger partial charge >= 0.3 is 0 Å². The van der Waals surface area contributed by atoms with Gasteiger partial charge in [0.05, 0.1) is 6.10 Å². The molecule has 1 aliphatic heterocycles. The molecule has 2 atom stereocenters. The van der Waals surface area contributed by atoms with E-state index < -0.39 is 5.54 Å². The van der Waals surface area contributed by atoms with E-state index in [-0.39, 0.29) is 24.0 Å². The summed E-state index contributed by atoms with van der Waals surface area (Å²) in [4.78, 5) is 27.0. The minimum atomic E-state index is -0.630. The molecular weight excluding hydrogens is 256 g/mol. The second-order valence-corrected chi connectivity index (χ2v) is 5.93. The minimum Gasteiger partial charge on any atom is -0.377 e. The Balaban J connectivity index is 2.19. The van der Waals surface area contributed by atoms with E-state index >= 15 is 0 Å². The number of hydrogen-bond donors (Lipinski definition) is 1. The maximum atomic E-state index is 12.9. The van der Waals surface area contributed by atoms with Crippen LogP contribution in [0.15, 0.2) is 0 Å². The van der Waals surface area contributed by atoms with Crippen molar-refractivity contribution in [1.82, 2.24) is 10.2 Å². The molecule has 5 nitrogen and oxygen atoms in total. The van der Waals surface area contributed by atoms with E-state index in [4.69, 9.17) is 4.74 Å². The van der Waals surface area contributed by atoms with Crippen molar-refractivity contribution >= 4 is 11.8 Å². The Morgan fingerprint density at radius 3 is 2.55 bits per heavy atom. The van der Waals surface area contributed by atoms with Crippen LogP contribution in [0, 0.1) is 0 Å². The lowest BCUT2D eigenvalue weighted by Crippen LogP contribution is -2.70. The van der Waals surface area contributed by atoms with Gasteiger partial charge in [-0.15, -0.1) is 0 Å². The third-order valence-electron chi connectivity index (χ3n) is 4.46. The van der Waals surface area contributed by atoms with Gasteiger partial charge in [-0.05, 0) is 33.1 Å². The number of carbonyl (C=O) groups is 2. The van der Waals surface area contributed by atoms with Crippen LogP contribution in [-0.4, -0.2) is 47.6 Å². The number of amides is 2. The van der Waals surface area contributed by atoms with Gasteiger partial charge in [0.25, 0.3) is 0 Å². The first-order valence-electron chi connectivity index (χ1n) is 7.78. The zero-order valence-corrected chi connectivity index (χ0v) is 12.8. The molecular formula is C15H26N2O3. The van der Waals surface area contributed by atoms with Gasteiger partial charge in [-0.1, -0.05) is 19.8 Å². The quantitative estimate of drug-likeness (QED) is 0.830. The lowest BCUT2D eigenvalue weighted by Gasteiger charge is -2.45. The summed E-state index contributed by atoms with van der Waals surface area (Å²) in [6, 6.07) is -0.350. The summed E-state index contributed by atoms with van der Waals surface area (Å²) in [5.41, 5.74) is -0.630. The van der Waals surface area contributed by atoms with Crippen molar-refractivity contribution in [2.24, 2.45) is 0 Å². The summed E-state index contributed by atoms with van der Waals surface area (Å²) in [5.74, 6) is 0.0886. The van der Waals surface area contributed by atoms with E-state index in [1.54, 1.807) is 4.90 Å². The van der Waals surface area contributed by atoms with Crippen molar-refractivity contribution in [1.29, 1.82) is 0 Å². The normalized spacial score (nSPS) is 26.9. The summed E-state index contributed by atoms with van der Waals surface area (Å²) in [5, 5.41) is 3.01. The Bertz CT molecular complexity index is 377. The molecule has 2 unspecified atom stereocenters. The van der Waals surface area contributed by atoms with Crippen molar-refractivity contribution < 1.29 is 14.3 Å². The van der Waals surface area contributed by atoms with E-state index in [1.165, 1.54) is 0 Å². The highest BCUT2D eigenvalue weighted by Crippen LogP contribution is 2.35. The van der Waals surface area contributed by atoms with E-state index in [9.17, 15) is 9.59 Å². The minimum absolute atomic E-state index is 0.00213. The molecule has 2 aliphatic rings. The van der Waals surface area contributed by atoms with Crippen LogP contribution in [0.1, 0.15) is 52.9 Å². The fraction of sp³-hybridized carbons (Fsp3) is 0.867. The van der Waals surface area contributed by atoms with E-state index in [1.807, 2.05) is 20.8 Å². The molecule has 1 saturated heterocycles. The van der Waals surface area contributed by atoms with Crippen molar-refractivity contribution in [2.45, 2.75) is 70.6 Å². The molecule has 1 heterocycles. The number of hydrogen-bond acceptors (Lipinski definition) is 3. The molecule has 114 valence electrons. The van der Waals surface area contributed by atoms with Crippen LogP contribution in [0.2, 0.25) is 0 Å².